The molecule has 50 valence electrons. The van der Waals surface area contributed by atoms with Crippen molar-refractivity contribution < 1.29 is 0 Å². The molecule has 8 heavy (non-hydrogen) atoms. The third-order valence-corrected chi connectivity index (χ3v) is 1.55. The van der Waals surface area contributed by atoms with E-state index in [1.54, 1.807) is 0 Å². The average Bonchev–Trinajstić information content (AvgIpc) is 1.62. The summed E-state index contributed by atoms with van der Waals surface area (Å²) < 4.78 is 0. The van der Waals surface area contributed by atoms with Gasteiger partial charge in [0, 0.05) is 6.04 Å². The molecule has 1 nitrogen and oxygen atoms in total. The van der Waals surface area contributed by atoms with Crippen LogP contribution in [0, 0.1) is 5.41 Å². The summed E-state index contributed by atoms with van der Waals surface area (Å²) in [6.07, 6.45) is 1.07. The van der Waals surface area contributed by atoms with Crippen molar-refractivity contribution in [3.8, 4) is 0 Å². The van der Waals surface area contributed by atoms with Gasteiger partial charge in [-0.3, -0.25) is 0 Å². The smallest absolute Gasteiger partial charge is 0.00850 e. The third-order valence-electron chi connectivity index (χ3n) is 1.55. The summed E-state index contributed by atoms with van der Waals surface area (Å²) in [5.41, 5.74) is 6.04. The lowest BCUT2D eigenvalue weighted by Gasteiger charge is -2.25. The first-order valence-corrected chi connectivity index (χ1v) is 3.24. The molecule has 0 bridgehead atoms. The van der Waals surface area contributed by atoms with E-state index in [4.69, 9.17) is 5.73 Å². The van der Waals surface area contributed by atoms with Crippen molar-refractivity contribution in [3.63, 3.8) is 0 Å². The summed E-state index contributed by atoms with van der Waals surface area (Å²) in [4.78, 5) is 0. The van der Waals surface area contributed by atoms with Gasteiger partial charge in [-0.25, -0.2) is 0 Å². The zero-order valence-electron chi connectivity index (χ0n) is 6.36. The molecule has 0 rings (SSSR count). The van der Waals surface area contributed by atoms with Gasteiger partial charge in [-0.1, -0.05) is 27.7 Å². The second-order valence-electron chi connectivity index (χ2n) is 3.38. The minimum atomic E-state index is 0.286. The Morgan fingerprint density at radius 2 is 1.75 bits per heavy atom. The van der Waals surface area contributed by atoms with Crippen LogP contribution in [0.4, 0.5) is 0 Å². The number of nitrogens with two attached hydrogens (primary N) is 1. The van der Waals surface area contributed by atoms with E-state index in [1.807, 2.05) is 0 Å². The van der Waals surface area contributed by atoms with Gasteiger partial charge < -0.3 is 5.73 Å². The van der Waals surface area contributed by atoms with Crippen molar-refractivity contribution in [2.45, 2.75) is 40.2 Å². The topological polar surface area (TPSA) is 26.0 Å². The standard InChI is InChI=1S/C7H17N/c1-5-6(8)7(2,3)4/h6H,5,8H2,1-4H3. The fraction of sp³-hybridized carbons (Fsp3) is 1.00. The molecule has 0 radical (unpaired) electrons. The normalized spacial score (nSPS) is 16.1. The van der Waals surface area contributed by atoms with E-state index in [0.717, 1.165) is 6.42 Å². The molecule has 0 spiro atoms. The van der Waals surface area contributed by atoms with Crippen molar-refractivity contribution in [1.29, 1.82) is 0 Å². The van der Waals surface area contributed by atoms with Crippen LogP contribution in [0.3, 0.4) is 0 Å². The first kappa shape index (κ1) is 7.96. The fourth-order valence-corrected chi connectivity index (χ4v) is 0.612. The van der Waals surface area contributed by atoms with E-state index in [9.17, 15) is 0 Å². The van der Waals surface area contributed by atoms with E-state index in [-0.39, 0.29) is 5.41 Å². The lowest BCUT2D eigenvalue weighted by atomic mass is 9.86. The van der Waals surface area contributed by atoms with E-state index in [1.165, 1.54) is 0 Å². The lowest BCUT2D eigenvalue weighted by Crippen LogP contribution is -2.33. The Morgan fingerprint density at radius 3 is 1.75 bits per heavy atom. The first-order valence-electron chi connectivity index (χ1n) is 3.24. The van der Waals surface area contributed by atoms with Crippen LogP contribution in [0.15, 0.2) is 0 Å². The summed E-state index contributed by atoms with van der Waals surface area (Å²) in [6, 6.07) is 0.350. The van der Waals surface area contributed by atoms with Gasteiger partial charge in [0.1, 0.15) is 0 Å². The summed E-state index contributed by atoms with van der Waals surface area (Å²) in [5, 5.41) is 0. The van der Waals surface area contributed by atoms with E-state index >= 15 is 0 Å². The van der Waals surface area contributed by atoms with Gasteiger partial charge in [0.15, 0.2) is 0 Å². The molecule has 0 aliphatic rings. The van der Waals surface area contributed by atoms with Crippen molar-refractivity contribution in [3.05, 3.63) is 0 Å². The Morgan fingerprint density at radius 1 is 1.38 bits per heavy atom. The summed E-state index contributed by atoms with van der Waals surface area (Å²) in [5.74, 6) is 0. The van der Waals surface area contributed by atoms with Gasteiger partial charge in [0.25, 0.3) is 0 Å². The molecule has 0 aliphatic carbocycles. The Balaban J connectivity index is 3.62. The van der Waals surface area contributed by atoms with Gasteiger partial charge >= 0.3 is 0 Å². The maximum Gasteiger partial charge on any atom is 0.00850 e. The van der Waals surface area contributed by atoms with Gasteiger partial charge in [-0.2, -0.15) is 0 Å². The van der Waals surface area contributed by atoms with E-state index in [2.05, 4.69) is 27.7 Å². The molecule has 0 saturated carbocycles. The van der Waals surface area contributed by atoms with Gasteiger partial charge in [0.05, 0.1) is 0 Å². The van der Waals surface area contributed by atoms with Crippen LogP contribution in [0.2, 0.25) is 0 Å². The molecule has 1 unspecified atom stereocenters. The van der Waals surface area contributed by atoms with Crippen LogP contribution >= 0.6 is 0 Å². The molecule has 1 atom stereocenters. The highest BCUT2D eigenvalue weighted by atomic mass is 14.7. The van der Waals surface area contributed by atoms with Gasteiger partial charge in [-0.05, 0) is 11.8 Å². The maximum absolute atomic E-state index is 5.75. The van der Waals surface area contributed by atoms with Crippen molar-refractivity contribution in [2.75, 3.05) is 0 Å². The second-order valence-corrected chi connectivity index (χ2v) is 3.38. The molecule has 0 heterocycles. The highest BCUT2D eigenvalue weighted by Crippen LogP contribution is 2.18. The molecule has 0 aromatic heterocycles. The zero-order chi connectivity index (χ0) is 6.78. The minimum Gasteiger partial charge on any atom is -0.327 e. The van der Waals surface area contributed by atoms with Gasteiger partial charge in [-0.15, -0.1) is 0 Å². The van der Waals surface area contributed by atoms with Crippen LogP contribution in [0.25, 0.3) is 0 Å². The molecule has 1 heteroatoms. The lowest BCUT2D eigenvalue weighted by molar-refractivity contribution is 0.313. The zero-order valence-corrected chi connectivity index (χ0v) is 6.36. The Bertz CT molecular complexity index is 61.3. The first-order chi connectivity index (χ1) is 3.48. The highest BCUT2D eigenvalue weighted by molar-refractivity contribution is 4.74. The van der Waals surface area contributed by atoms with Gasteiger partial charge in [0.2, 0.25) is 0 Å². The SMILES string of the molecule is CCC(N)C(C)(C)C. The Hall–Kier alpha value is -0.0400. The molecule has 0 amide bonds. The molecule has 0 aliphatic heterocycles. The van der Waals surface area contributed by atoms with Crippen LogP contribution in [-0.2, 0) is 0 Å². The number of hydrogen-bond donors (Lipinski definition) is 1. The summed E-state index contributed by atoms with van der Waals surface area (Å²) >= 11 is 0. The Kier molecular flexibility index (Phi) is 2.48. The maximum atomic E-state index is 5.75. The third kappa shape index (κ3) is 2.31. The predicted molar refractivity (Wildman–Crippen MR) is 37.7 cm³/mol. The predicted octanol–water partition coefficient (Wildman–Crippen LogP) is 1.77. The van der Waals surface area contributed by atoms with E-state index < -0.39 is 0 Å². The minimum absolute atomic E-state index is 0.286. The summed E-state index contributed by atoms with van der Waals surface area (Å²) in [6.45, 7) is 8.62. The van der Waals surface area contributed by atoms with Crippen molar-refractivity contribution in [1.82, 2.24) is 0 Å². The highest BCUT2D eigenvalue weighted by Gasteiger charge is 2.17. The quantitative estimate of drug-likeness (QED) is 0.553. The average molecular weight is 115 g/mol. The number of hydrogen-bond acceptors (Lipinski definition) is 1. The van der Waals surface area contributed by atoms with Crippen molar-refractivity contribution in [2.24, 2.45) is 11.1 Å². The van der Waals surface area contributed by atoms with E-state index in [0.29, 0.717) is 6.04 Å². The van der Waals surface area contributed by atoms with Crippen LogP contribution < -0.4 is 5.73 Å². The number of rotatable bonds is 1. The second kappa shape index (κ2) is 2.49. The molecule has 0 saturated heterocycles. The Labute approximate surface area is 52.3 Å². The molecule has 0 aromatic rings. The molecular formula is C7H17N. The van der Waals surface area contributed by atoms with Crippen LogP contribution in [-0.4, -0.2) is 6.04 Å². The monoisotopic (exact) mass is 115 g/mol. The molecule has 0 aromatic carbocycles. The fourth-order valence-electron chi connectivity index (χ4n) is 0.612. The molecule has 2 N–H and O–H groups in total. The van der Waals surface area contributed by atoms with Crippen LogP contribution in [0.1, 0.15) is 34.1 Å². The summed E-state index contributed by atoms with van der Waals surface area (Å²) in [7, 11) is 0. The molecule has 0 fully saturated rings. The van der Waals surface area contributed by atoms with Crippen LogP contribution in [0.5, 0.6) is 0 Å². The molecular weight excluding hydrogens is 98.1 g/mol. The van der Waals surface area contributed by atoms with Crippen molar-refractivity contribution >= 4 is 0 Å². The largest absolute Gasteiger partial charge is 0.327 e.